The Hall–Kier alpha value is -2.20. The molecule has 0 bridgehead atoms. The van der Waals surface area contributed by atoms with E-state index in [0.29, 0.717) is 30.9 Å². The molecule has 0 fully saturated rings. The minimum Gasteiger partial charge on any atom is -0.493 e. The number of rotatable bonds is 1. The summed E-state index contributed by atoms with van der Waals surface area (Å²) in [5, 5.41) is 18.1. The maximum atomic E-state index is 9.24. The Kier molecular flexibility index (Phi) is 2.16. The van der Waals surface area contributed by atoms with Crippen LogP contribution in [-0.4, -0.2) is 13.2 Å². The number of benzene rings is 1. The summed E-state index contributed by atoms with van der Waals surface area (Å²) < 4.78 is 11.1. The second-order valence-corrected chi connectivity index (χ2v) is 4.11. The molecule has 3 rings (SSSR count). The minimum absolute atomic E-state index is 0.319. The smallest absolute Gasteiger partial charge is 0.141 e. The lowest BCUT2D eigenvalue weighted by Crippen LogP contribution is -1.98. The van der Waals surface area contributed by atoms with Crippen LogP contribution in [0.5, 0.6) is 11.5 Å². The van der Waals surface area contributed by atoms with Crippen LogP contribution >= 0.6 is 0 Å². The van der Waals surface area contributed by atoms with Gasteiger partial charge in [-0.15, -0.1) is 0 Å². The standard InChI is InChI=1S/C13H10N2O2/c14-4-1-8-9-2-5-17-13(9)11(7-15)10-3-6-16-12(8)10/h1-3,5-6H2. The lowest BCUT2D eigenvalue weighted by atomic mass is 9.93. The molecule has 0 aromatic heterocycles. The number of hydrogen-bond acceptors (Lipinski definition) is 4. The fourth-order valence-electron chi connectivity index (χ4n) is 2.59. The monoisotopic (exact) mass is 226 g/mol. The first-order valence-corrected chi connectivity index (χ1v) is 5.60. The van der Waals surface area contributed by atoms with Gasteiger partial charge in [-0.25, -0.2) is 0 Å². The van der Waals surface area contributed by atoms with Crippen LogP contribution in [0.2, 0.25) is 0 Å². The predicted octanol–water partition coefficient (Wildman–Crippen LogP) is 1.49. The Morgan fingerprint density at radius 3 is 2.41 bits per heavy atom. The van der Waals surface area contributed by atoms with E-state index in [1.165, 1.54) is 0 Å². The Balaban J connectivity index is 2.32. The van der Waals surface area contributed by atoms with Crippen LogP contribution in [0.15, 0.2) is 0 Å². The van der Waals surface area contributed by atoms with Crippen molar-refractivity contribution in [1.29, 1.82) is 10.5 Å². The Morgan fingerprint density at radius 1 is 1.00 bits per heavy atom. The van der Waals surface area contributed by atoms with Crippen molar-refractivity contribution in [3.8, 4) is 23.6 Å². The quantitative estimate of drug-likeness (QED) is 0.727. The summed E-state index contributed by atoms with van der Waals surface area (Å²) in [4.78, 5) is 0. The first-order valence-electron chi connectivity index (χ1n) is 5.60. The zero-order valence-electron chi connectivity index (χ0n) is 9.25. The van der Waals surface area contributed by atoms with Crippen molar-refractivity contribution in [2.45, 2.75) is 19.3 Å². The van der Waals surface area contributed by atoms with Crippen molar-refractivity contribution in [3.05, 3.63) is 22.3 Å². The number of hydrogen-bond donors (Lipinski definition) is 0. The van der Waals surface area contributed by atoms with E-state index in [-0.39, 0.29) is 0 Å². The zero-order valence-corrected chi connectivity index (χ0v) is 9.25. The molecular formula is C13H10N2O2. The first-order chi connectivity index (χ1) is 8.36. The van der Waals surface area contributed by atoms with Gasteiger partial charge in [0.1, 0.15) is 23.1 Å². The molecule has 0 atom stereocenters. The minimum atomic E-state index is 0.319. The van der Waals surface area contributed by atoms with Crippen molar-refractivity contribution >= 4 is 0 Å². The molecule has 4 heteroatoms. The van der Waals surface area contributed by atoms with E-state index in [2.05, 4.69) is 12.1 Å². The summed E-state index contributed by atoms with van der Waals surface area (Å²) in [5.74, 6) is 1.44. The van der Waals surface area contributed by atoms with Gasteiger partial charge in [0, 0.05) is 29.5 Å². The van der Waals surface area contributed by atoms with Gasteiger partial charge in [0.2, 0.25) is 0 Å². The summed E-state index contributed by atoms with van der Waals surface area (Å²) in [6.45, 7) is 1.18. The molecule has 0 N–H and O–H groups in total. The van der Waals surface area contributed by atoms with Crippen LogP contribution in [-0.2, 0) is 19.3 Å². The van der Waals surface area contributed by atoms with E-state index in [1.807, 2.05) is 0 Å². The third kappa shape index (κ3) is 1.28. The highest BCUT2D eigenvalue weighted by atomic mass is 16.5. The molecular weight excluding hydrogens is 216 g/mol. The average Bonchev–Trinajstić information content (AvgIpc) is 2.96. The molecule has 4 nitrogen and oxygen atoms in total. The largest absolute Gasteiger partial charge is 0.493 e. The predicted molar refractivity (Wildman–Crippen MR) is 58.9 cm³/mol. The molecule has 0 radical (unpaired) electrons. The van der Waals surface area contributed by atoms with Crippen molar-refractivity contribution in [2.24, 2.45) is 0 Å². The van der Waals surface area contributed by atoms with Crippen LogP contribution in [0.25, 0.3) is 0 Å². The first kappa shape index (κ1) is 9.99. The molecule has 1 aromatic rings. The number of nitrogens with zero attached hydrogens (tertiary/aromatic N) is 2. The maximum Gasteiger partial charge on any atom is 0.141 e. The molecule has 0 saturated carbocycles. The van der Waals surface area contributed by atoms with Crippen LogP contribution in [0.3, 0.4) is 0 Å². The van der Waals surface area contributed by atoms with Crippen LogP contribution < -0.4 is 9.47 Å². The van der Waals surface area contributed by atoms with Gasteiger partial charge in [-0.3, -0.25) is 0 Å². The van der Waals surface area contributed by atoms with Gasteiger partial charge in [-0.1, -0.05) is 0 Å². The van der Waals surface area contributed by atoms with Gasteiger partial charge in [0.15, 0.2) is 0 Å². The fraction of sp³-hybridized carbons (Fsp3) is 0.385. The van der Waals surface area contributed by atoms with Gasteiger partial charge in [0.05, 0.1) is 25.7 Å². The molecule has 84 valence electrons. The van der Waals surface area contributed by atoms with Crippen LogP contribution in [0.4, 0.5) is 0 Å². The van der Waals surface area contributed by atoms with Crippen molar-refractivity contribution in [3.63, 3.8) is 0 Å². The molecule has 1 aromatic carbocycles. The van der Waals surface area contributed by atoms with Crippen LogP contribution in [0.1, 0.15) is 22.3 Å². The Morgan fingerprint density at radius 2 is 1.71 bits per heavy atom. The topological polar surface area (TPSA) is 66.0 Å². The summed E-state index contributed by atoms with van der Waals surface area (Å²) in [7, 11) is 0. The lowest BCUT2D eigenvalue weighted by molar-refractivity contribution is 0.353. The van der Waals surface area contributed by atoms with Crippen LogP contribution in [0, 0.1) is 22.7 Å². The van der Waals surface area contributed by atoms with Gasteiger partial charge in [0.25, 0.3) is 0 Å². The number of nitriles is 2. The molecule has 0 unspecified atom stereocenters. The summed E-state index contributed by atoms with van der Waals surface area (Å²) in [5.41, 5.74) is 3.43. The Bertz CT molecular complexity index is 544. The van der Waals surface area contributed by atoms with Gasteiger partial charge in [-0.2, -0.15) is 10.5 Å². The molecule has 0 aliphatic carbocycles. The number of ether oxygens (including phenoxy) is 2. The summed E-state index contributed by atoms with van der Waals surface area (Å²) >= 11 is 0. The molecule has 0 saturated heterocycles. The third-order valence-corrected chi connectivity index (χ3v) is 3.28. The number of fused-ring (bicyclic) bond motifs is 2. The summed E-state index contributed by atoms with van der Waals surface area (Å²) in [6, 6.07) is 4.37. The molecule has 0 spiro atoms. The second-order valence-electron chi connectivity index (χ2n) is 4.11. The fourth-order valence-corrected chi connectivity index (χ4v) is 2.59. The normalized spacial score (nSPS) is 15.2. The zero-order chi connectivity index (χ0) is 11.8. The summed E-state index contributed by atoms with van der Waals surface area (Å²) in [6.07, 6.45) is 1.81. The van der Waals surface area contributed by atoms with E-state index in [1.54, 1.807) is 0 Å². The van der Waals surface area contributed by atoms with E-state index >= 15 is 0 Å². The van der Waals surface area contributed by atoms with Gasteiger partial charge in [-0.05, 0) is 0 Å². The van der Waals surface area contributed by atoms with Crippen molar-refractivity contribution < 1.29 is 9.47 Å². The highest BCUT2D eigenvalue weighted by molar-refractivity contribution is 5.66. The molecule has 17 heavy (non-hydrogen) atoms. The van der Waals surface area contributed by atoms with Crippen molar-refractivity contribution in [1.82, 2.24) is 0 Å². The highest BCUT2D eigenvalue weighted by Crippen LogP contribution is 2.44. The van der Waals surface area contributed by atoms with E-state index < -0.39 is 0 Å². The molecule has 2 aliphatic rings. The highest BCUT2D eigenvalue weighted by Gasteiger charge is 2.31. The lowest BCUT2D eigenvalue weighted by Gasteiger charge is -2.12. The SMILES string of the molecule is N#CCc1c2c(c(C#N)c3c1OCC3)OCC2. The maximum absolute atomic E-state index is 9.24. The molecule has 2 aliphatic heterocycles. The Labute approximate surface area is 99.0 Å². The molecule has 0 amide bonds. The van der Waals surface area contributed by atoms with Crippen molar-refractivity contribution in [2.75, 3.05) is 13.2 Å². The van der Waals surface area contributed by atoms with Gasteiger partial charge >= 0.3 is 0 Å². The molecule has 2 heterocycles. The van der Waals surface area contributed by atoms with E-state index in [4.69, 9.17) is 14.7 Å². The third-order valence-electron chi connectivity index (χ3n) is 3.28. The average molecular weight is 226 g/mol. The second kappa shape index (κ2) is 3.68. The van der Waals surface area contributed by atoms with E-state index in [0.717, 1.165) is 35.3 Å². The van der Waals surface area contributed by atoms with E-state index in [9.17, 15) is 5.26 Å². The van der Waals surface area contributed by atoms with Gasteiger partial charge < -0.3 is 9.47 Å².